The molecule has 0 radical (unpaired) electrons. The van der Waals surface area contributed by atoms with Crippen LogP contribution < -0.4 is 4.90 Å². The van der Waals surface area contributed by atoms with Crippen LogP contribution in [0.5, 0.6) is 0 Å². The third-order valence-corrected chi connectivity index (χ3v) is 4.80. The van der Waals surface area contributed by atoms with E-state index in [1.54, 1.807) is 6.20 Å². The first kappa shape index (κ1) is 13.0. The zero-order valence-corrected chi connectivity index (χ0v) is 12.7. The summed E-state index contributed by atoms with van der Waals surface area (Å²) in [4.78, 5) is 15.6. The number of hydrogen-bond acceptors (Lipinski definition) is 6. The second-order valence-corrected chi connectivity index (χ2v) is 6.42. The van der Waals surface area contributed by atoms with Gasteiger partial charge in [-0.1, -0.05) is 5.16 Å². The molecule has 1 aliphatic heterocycles. The van der Waals surface area contributed by atoms with Gasteiger partial charge in [0.1, 0.15) is 0 Å². The van der Waals surface area contributed by atoms with Crippen LogP contribution in [-0.4, -0.2) is 33.2 Å². The van der Waals surface area contributed by atoms with E-state index in [-0.39, 0.29) is 0 Å². The first-order chi connectivity index (χ1) is 11.4. The quantitative estimate of drug-likeness (QED) is 0.741. The molecular weight excluding hydrogens is 290 g/mol. The van der Waals surface area contributed by atoms with E-state index in [2.05, 4.69) is 31.1 Å². The van der Waals surface area contributed by atoms with E-state index >= 15 is 0 Å². The van der Waals surface area contributed by atoms with E-state index in [4.69, 9.17) is 4.52 Å². The number of fused-ring (bicyclic) bond motifs is 1. The van der Waals surface area contributed by atoms with Gasteiger partial charge in [-0.15, -0.1) is 0 Å². The minimum atomic E-state index is 0.315. The maximum absolute atomic E-state index is 5.51. The van der Waals surface area contributed by atoms with Crippen molar-refractivity contribution in [2.45, 2.75) is 31.1 Å². The minimum Gasteiger partial charge on any atom is -0.370 e. The lowest BCUT2D eigenvalue weighted by Gasteiger charge is -2.19. The van der Waals surface area contributed by atoms with Crippen LogP contribution in [0.1, 0.15) is 42.8 Å². The Balaban J connectivity index is 1.42. The molecule has 1 aliphatic carbocycles. The van der Waals surface area contributed by atoms with Gasteiger partial charge in [-0.05, 0) is 31.4 Å². The maximum atomic E-state index is 5.51. The Kier molecular flexibility index (Phi) is 2.83. The van der Waals surface area contributed by atoms with E-state index in [1.807, 2.05) is 18.5 Å². The fourth-order valence-corrected chi connectivity index (χ4v) is 3.35. The number of anilines is 1. The molecule has 4 heterocycles. The zero-order chi connectivity index (χ0) is 15.2. The first-order valence-corrected chi connectivity index (χ1v) is 8.15. The molecule has 1 saturated heterocycles. The van der Waals surface area contributed by atoms with Gasteiger partial charge in [0.05, 0.1) is 11.4 Å². The fraction of sp³-hybridized carbons (Fsp3) is 0.412. The zero-order valence-electron chi connectivity index (χ0n) is 12.7. The van der Waals surface area contributed by atoms with E-state index < -0.39 is 0 Å². The third kappa shape index (κ3) is 2.25. The molecule has 3 aromatic heterocycles. The Labute approximate surface area is 133 Å². The lowest BCUT2D eigenvalue weighted by Crippen LogP contribution is -2.19. The standard InChI is InChI=1S/C17H17N5O/c1-2-11(1)16-20-17(23-21-16)12-5-8-22(10-12)15-4-7-19-14-3-6-18-9-13(14)15/h3-4,6-7,9,11-12H,1-2,5,8,10H2/t12-/m1/s1. The molecule has 0 amide bonds. The van der Waals surface area contributed by atoms with Crippen LogP contribution in [0.4, 0.5) is 5.69 Å². The molecule has 2 fully saturated rings. The van der Waals surface area contributed by atoms with Crippen molar-refractivity contribution in [3.8, 4) is 0 Å². The number of hydrogen-bond donors (Lipinski definition) is 0. The van der Waals surface area contributed by atoms with Gasteiger partial charge in [0.15, 0.2) is 5.82 Å². The summed E-state index contributed by atoms with van der Waals surface area (Å²) in [5.74, 6) is 2.55. The Bertz CT molecular complexity index is 852. The van der Waals surface area contributed by atoms with Gasteiger partial charge in [0.2, 0.25) is 5.89 Å². The summed E-state index contributed by atoms with van der Waals surface area (Å²) in [5, 5.41) is 5.24. The van der Waals surface area contributed by atoms with Gasteiger partial charge >= 0.3 is 0 Å². The van der Waals surface area contributed by atoms with Crippen LogP contribution in [-0.2, 0) is 0 Å². The number of rotatable bonds is 3. The van der Waals surface area contributed by atoms with Crippen molar-refractivity contribution in [3.63, 3.8) is 0 Å². The van der Waals surface area contributed by atoms with Crippen LogP contribution in [0, 0.1) is 0 Å². The van der Waals surface area contributed by atoms with Crippen LogP contribution in [0.3, 0.4) is 0 Å². The highest BCUT2D eigenvalue weighted by molar-refractivity contribution is 5.90. The molecule has 6 nitrogen and oxygen atoms in total. The molecule has 0 spiro atoms. The van der Waals surface area contributed by atoms with Gasteiger partial charge < -0.3 is 9.42 Å². The Hall–Kier alpha value is -2.50. The van der Waals surface area contributed by atoms with Crippen molar-refractivity contribution in [1.82, 2.24) is 20.1 Å². The average Bonchev–Trinajstić information content (AvgIpc) is 3.13. The van der Waals surface area contributed by atoms with Crippen LogP contribution in [0.2, 0.25) is 0 Å². The maximum Gasteiger partial charge on any atom is 0.231 e. The SMILES string of the molecule is c1cc2nccc(N3CC[C@@H](c4nc(C5CC5)no4)C3)c2cn1. The lowest BCUT2D eigenvalue weighted by molar-refractivity contribution is 0.355. The summed E-state index contributed by atoms with van der Waals surface area (Å²) in [6.07, 6.45) is 8.98. The van der Waals surface area contributed by atoms with Crippen molar-refractivity contribution >= 4 is 16.6 Å². The number of aromatic nitrogens is 4. The highest BCUT2D eigenvalue weighted by Gasteiger charge is 2.33. The second-order valence-electron chi connectivity index (χ2n) is 6.42. The smallest absolute Gasteiger partial charge is 0.231 e. The summed E-state index contributed by atoms with van der Waals surface area (Å²) >= 11 is 0. The molecule has 116 valence electrons. The third-order valence-electron chi connectivity index (χ3n) is 4.80. The predicted molar refractivity (Wildman–Crippen MR) is 85.4 cm³/mol. The van der Waals surface area contributed by atoms with Crippen molar-refractivity contribution in [1.29, 1.82) is 0 Å². The predicted octanol–water partition coefficient (Wildman–Crippen LogP) is 2.88. The molecule has 0 N–H and O–H groups in total. The molecule has 3 aromatic rings. The van der Waals surface area contributed by atoms with Gasteiger partial charge in [-0.3, -0.25) is 9.97 Å². The number of nitrogens with zero attached hydrogens (tertiary/aromatic N) is 5. The highest BCUT2D eigenvalue weighted by atomic mass is 16.5. The van der Waals surface area contributed by atoms with Gasteiger partial charge in [-0.25, -0.2) is 0 Å². The largest absolute Gasteiger partial charge is 0.370 e. The van der Waals surface area contributed by atoms with Crippen molar-refractivity contribution < 1.29 is 4.52 Å². The number of pyridine rings is 2. The van der Waals surface area contributed by atoms with Crippen molar-refractivity contribution in [2.24, 2.45) is 0 Å². The Morgan fingerprint density at radius 3 is 2.96 bits per heavy atom. The average molecular weight is 307 g/mol. The van der Waals surface area contributed by atoms with Gasteiger partial charge in [0, 0.05) is 48.7 Å². The fourth-order valence-electron chi connectivity index (χ4n) is 3.35. The minimum absolute atomic E-state index is 0.315. The van der Waals surface area contributed by atoms with Crippen LogP contribution in [0.25, 0.3) is 10.9 Å². The van der Waals surface area contributed by atoms with E-state index in [0.717, 1.165) is 42.1 Å². The Morgan fingerprint density at radius 2 is 2.04 bits per heavy atom. The summed E-state index contributed by atoms with van der Waals surface area (Å²) in [7, 11) is 0. The molecule has 1 saturated carbocycles. The molecule has 6 heteroatoms. The summed E-state index contributed by atoms with van der Waals surface area (Å²) in [5.41, 5.74) is 2.17. The summed E-state index contributed by atoms with van der Waals surface area (Å²) in [6.45, 7) is 1.89. The molecular formula is C17H17N5O. The Morgan fingerprint density at radius 1 is 1.09 bits per heavy atom. The molecule has 23 heavy (non-hydrogen) atoms. The van der Waals surface area contributed by atoms with E-state index in [9.17, 15) is 0 Å². The topological polar surface area (TPSA) is 67.9 Å². The molecule has 5 rings (SSSR count). The van der Waals surface area contributed by atoms with Crippen LogP contribution in [0.15, 0.2) is 35.2 Å². The van der Waals surface area contributed by atoms with Gasteiger partial charge in [0.25, 0.3) is 0 Å². The summed E-state index contributed by atoms with van der Waals surface area (Å²) in [6, 6.07) is 4.02. The highest BCUT2D eigenvalue weighted by Crippen LogP contribution is 2.39. The molecule has 2 aliphatic rings. The summed E-state index contributed by atoms with van der Waals surface area (Å²) < 4.78 is 5.51. The second kappa shape index (κ2) is 5.01. The van der Waals surface area contributed by atoms with E-state index in [1.165, 1.54) is 18.5 Å². The van der Waals surface area contributed by atoms with E-state index in [0.29, 0.717) is 11.8 Å². The van der Waals surface area contributed by atoms with Crippen molar-refractivity contribution in [3.05, 3.63) is 42.4 Å². The molecule has 0 unspecified atom stereocenters. The van der Waals surface area contributed by atoms with Crippen LogP contribution >= 0.6 is 0 Å². The normalized spacial score (nSPS) is 21.2. The van der Waals surface area contributed by atoms with Crippen molar-refractivity contribution in [2.75, 3.05) is 18.0 Å². The monoisotopic (exact) mass is 307 g/mol. The van der Waals surface area contributed by atoms with Gasteiger partial charge in [-0.2, -0.15) is 4.98 Å². The molecule has 1 atom stereocenters. The lowest BCUT2D eigenvalue weighted by atomic mass is 10.1. The first-order valence-electron chi connectivity index (χ1n) is 8.15. The molecule has 0 bridgehead atoms. The molecule has 0 aromatic carbocycles.